The summed E-state index contributed by atoms with van der Waals surface area (Å²) in [5.41, 5.74) is 2.41. The van der Waals surface area contributed by atoms with Crippen LogP contribution in [-0.2, 0) is 4.74 Å². The van der Waals surface area contributed by atoms with Gasteiger partial charge < -0.3 is 10.1 Å². The lowest BCUT2D eigenvalue weighted by molar-refractivity contribution is 0.158. The standard InChI is InChI=1S/C11H16BrNO/c1-3-14-8-7-13-11-9(2)5-4-6-10(11)12/h4-6,13H,3,7-8H2,1-2H3. The lowest BCUT2D eigenvalue weighted by Crippen LogP contribution is -2.10. The van der Waals surface area contributed by atoms with Gasteiger partial charge in [-0.25, -0.2) is 0 Å². The molecule has 0 radical (unpaired) electrons. The molecular formula is C11H16BrNO. The summed E-state index contributed by atoms with van der Waals surface area (Å²) in [5.74, 6) is 0. The van der Waals surface area contributed by atoms with Crippen molar-refractivity contribution in [1.82, 2.24) is 0 Å². The van der Waals surface area contributed by atoms with E-state index >= 15 is 0 Å². The molecule has 0 bridgehead atoms. The normalized spacial score (nSPS) is 10.2. The molecular weight excluding hydrogens is 242 g/mol. The molecule has 0 aliphatic heterocycles. The Kier molecular flexibility index (Phi) is 4.98. The number of hydrogen-bond acceptors (Lipinski definition) is 2. The van der Waals surface area contributed by atoms with Crippen LogP contribution in [0.1, 0.15) is 12.5 Å². The molecule has 0 amide bonds. The van der Waals surface area contributed by atoms with E-state index in [0.29, 0.717) is 0 Å². The third-order valence-corrected chi connectivity index (χ3v) is 2.64. The van der Waals surface area contributed by atoms with Crippen LogP contribution in [0.15, 0.2) is 22.7 Å². The number of para-hydroxylation sites is 1. The van der Waals surface area contributed by atoms with Crippen LogP contribution in [0, 0.1) is 6.92 Å². The Labute approximate surface area is 93.8 Å². The third-order valence-electron chi connectivity index (χ3n) is 1.97. The molecule has 1 aromatic carbocycles. The van der Waals surface area contributed by atoms with Crippen molar-refractivity contribution in [1.29, 1.82) is 0 Å². The van der Waals surface area contributed by atoms with Crippen LogP contribution in [0.3, 0.4) is 0 Å². The van der Waals surface area contributed by atoms with Gasteiger partial charge in [0.15, 0.2) is 0 Å². The summed E-state index contributed by atoms with van der Waals surface area (Å²) < 4.78 is 6.36. The topological polar surface area (TPSA) is 21.3 Å². The average Bonchev–Trinajstić information content (AvgIpc) is 2.16. The first-order chi connectivity index (χ1) is 6.75. The Morgan fingerprint density at radius 3 is 2.86 bits per heavy atom. The first-order valence-electron chi connectivity index (χ1n) is 4.82. The second-order valence-corrected chi connectivity index (χ2v) is 3.91. The molecule has 0 unspecified atom stereocenters. The van der Waals surface area contributed by atoms with Crippen LogP contribution < -0.4 is 5.32 Å². The Balaban J connectivity index is 2.49. The fourth-order valence-electron chi connectivity index (χ4n) is 1.25. The van der Waals surface area contributed by atoms with E-state index in [1.165, 1.54) is 5.56 Å². The van der Waals surface area contributed by atoms with Crippen LogP contribution in [0.5, 0.6) is 0 Å². The SMILES string of the molecule is CCOCCNc1c(C)cccc1Br. The molecule has 2 nitrogen and oxygen atoms in total. The highest BCUT2D eigenvalue weighted by atomic mass is 79.9. The van der Waals surface area contributed by atoms with Gasteiger partial charge in [0.2, 0.25) is 0 Å². The summed E-state index contributed by atoms with van der Waals surface area (Å²) in [5, 5.41) is 3.34. The third kappa shape index (κ3) is 3.31. The fourth-order valence-corrected chi connectivity index (χ4v) is 1.85. The van der Waals surface area contributed by atoms with Crippen LogP contribution >= 0.6 is 15.9 Å². The number of rotatable bonds is 5. The van der Waals surface area contributed by atoms with Gasteiger partial charge in [0, 0.05) is 17.6 Å². The van der Waals surface area contributed by atoms with Gasteiger partial charge in [-0.15, -0.1) is 0 Å². The van der Waals surface area contributed by atoms with Gasteiger partial charge in [0.25, 0.3) is 0 Å². The lowest BCUT2D eigenvalue weighted by Gasteiger charge is -2.11. The molecule has 14 heavy (non-hydrogen) atoms. The minimum atomic E-state index is 0.747. The second-order valence-electron chi connectivity index (χ2n) is 3.06. The lowest BCUT2D eigenvalue weighted by atomic mass is 10.2. The molecule has 0 saturated heterocycles. The quantitative estimate of drug-likeness (QED) is 0.819. The first kappa shape index (κ1) is 11.5. The molecule has 0 fully saturated rings. The van der Waals surface area contributed by atoms with E-state index in [4.69, 9.17) is 4.74 Å². The molecule has 1 rings (SSSR count). The number of ether oxygens (including phenoxy) is 1. The van der Waals surface area contributed by atoms with Crippen LogP contribution in [0.25, 0.3) is 0 Å². The Morgan fingerprint density at radius 2 is 2.21 bits per heavy atom. The van der Waals surface area contributed by atoms with Gasteiger partial charge in [-0.3, -0.25) is 0 Å². The van der Waals surface area contributed by atoms with Gasteiger partial charge in [0.05, 0.1) is 12.3 Å². The summed E-state index contributed by atoms with van der Waals surface area (Å²) in [6, 6.07) is 6.16. The maximum atomic E-state index is 5.26. The number of anilines is 1. The highest BCUT2D eigenvalue weighted by molar-refractivity contribution is 9.10. The van der Waals surface area contributed by atoms with E-state index in [1.54, 1.807) is 0 Å². The smallest absolute Gasteiger partial charge is 0.0638 e. The number of nitrogens with one attached hydrogen (secondary N) is 1. The second kappa shape index (κ2) is 6.04. The van der Waals surface area contributed by atoms with Crippen molar-refractivity contribution >= 4 is 21.6 Å². The molecule has 0 heterocycles. The van der Waals surface area contributed by atoms with Gasteiger partial charge in [0.1, 0.15) is 0 Å². The molecule has 0 atom stereocenters. The molecule has 0 aliphatic rings. The minimum absolute atomic E-state index is 0.747. The fraction of sp³-hybridized carbons (Fsp3) is 0.455. The maximum Gasteiger partial charge on any atom is 0.0638 e. The molecule has 0 saturated carbocycles. The molecule has 0 aromatic heterocycles. The highest BCUT2D eigenvalue weighted by Crippen LogP contribution is 2.25. The van der Waals surface area contributed by atoms with Crippen molar-refractivity contribution < 1.29 is 4.74 Å². The molecule has 1 aromatic rings. The number of benzene rings is 1. The molecule has 78 valence electrons. The Hall–Kier alpha value is -0.540. The zero-order valence-corrected chi connectivity index (χ0v) is 10.2. The summed E-state index contributed by atoms with van der Waals surface area (Å²) in [4.78, 5) is 0. The van der Waals surface area contributed by atoms with Crippen molar-refractivity contribution in [2.45, 2.75) is 13.8 Å². The zero-order chi connectivity index (χ0) is 10.4. The van der Waals surface area contributed by atoms with Gasteiger partial charge in [-0.05, 0) is 41.4 Å². The molecule has 3 heteroatoms. The largest absolute Gasteiger partial charge is 0.382 e. The van der Waals surface area contributed by atoms with E-state index in [0.717, 1.165) is 29.9 Å². The Morgan fingerprint density at radius 1 is 1.43 bits per heavy atom. The van der Waals surface area contributed by atoms with Crippen molar-refractivity contribution in [2.75, 3.05) is 25.1 Å². The van der Waals surface area contributed by atoms with Crippen LogP contribution in [-0.4, -0.2) is 19.8 Å². The number of halogens is 1. The predicted molar refractivity (Wildman–Crippen MR) is 63.9 cm³/mol. The van der Waals surface area contributed by atoms with E-state index < -0.39 is 0 Å². The minimum Gasteiger partial charge on any atom is -0.382 e. The van der Waals surface area contributed by atoms with Crippen molar-refractivity contribution in [2.24, 2.45) is 0 Å². The van der Waals surface area contributed by atoms with Gasteiger partial charge >= 0.3 is 0 Å². The molecule has 0 aliphatic carbocycles. The highest BCUT2D eigenvalue weighted by Gasteiger charge is 2.01. The summed E-state index contributed by atoms with van der Waals surface area (Å²) in [6.45, 7) is 6.46. The zero-order valence-electron chi connectivity index (χ0n) is 8.64. The first-order valence-corrected chi connectivity index (χ1v) is 5.61. The summed E-state index contributed by atoms with van der Waals surface area (Å²) in [7, 11) is 0. The van der Waals surface area contributed by atoms with Crippen molar-refractivity contribution in [3.8, 4) is 0 Å². The van der Waals surface area contributed by atoms with Gasteiger partial charge in [-0.1, -0.05) is 12.1 Å². The number of aryl methyl sites for hydroxylation is 1. The number of hydrogen-bond donors (Lipinski definition) is 1. The summed E-state index contributed by atoms with van der Waals surface area (Å²) >= 11 is 3.51. The van der Waals surface area contributed by atoms with E-state index in [2.05, 4.69) is 34.2 Å². The van der Waals surface area contributed by atoms with Crippen molar-refractivity contribution in [3.05, 3.63) is 28.2 Å². The van der Waals surface area contributed by atoms with E-state index in [1.807, 2.05) is 19.1 Å². The van der Waals surface area contributed by atoms with Gasteiger partial charge in [-0.2, -0.15) is 0 Å². The maximum absolute atomic E-state index is 5.26. The van der Waals surface area contributed by atoms with Crippen LogP contribution in [0.4, 0.5) is 5.69 Å². The van der Waals surface area contributed by atoms with E-state index in [-0.39, 0.29) is 0 Å². The molecule has 1 N–H and O–H groups in total. The molecule has 0 spiro atoms. The van der Waals surface area contributed by atoms with Crippen molar-refractivity contribution in [3.63, 3.8) is 0 Å². The monoisotopic (exact) mass is 257 g/mol. The average molecular weight is 258 g/mol. The Bertz CT molecular complexity index is 268. The van der Waals surface area contributed by atoms with Crippen LogP contribution in [0.2, 0.25) is 0 Å². The van der Waals surface area contributed by atoms with E-state index in [9.17, 15) is 0 Å². The summed E-state index contributed by atoms with van der Waals surface area (Å²) in [6.07, 6.45) is 0. The predicted octanol–water partition coefficient (Wildman–Crippen LogP) is 3.21.